The predicted molar refractivity (Wildman–Crippen MR) is 81.9 cm³/mol. The minimum Gasteiger partial charge on any atom is -0.396 e. The molecule has 1 saturated heterocycles. The predicted octanol–water partition coefficient (Wildman–Crippen LogP) is 3.76. The minimum atomic E-state index is 0.302. The zero-order chi connectivity index (χ0) is 13.2. The van der Waals surface area contributed by atoms with E-state index in [0.717, 1.165) is 31.1 Å². The Balaban J connectivity index is 1.79. The number of rotatable bonds is 3. The number of hydrogen-bond donors (Lipinski definition) is 1. The summed E-state index contributed by atoms with van der Waals surface area (Å²) in [5.41, 5.74) is 0. The van der Waals surface area contributed by atoms with Gasteiger partial charge in [-0.15, -0.1) is 11.3 Å². The summed E-state index contributed by atoms with van der Waals surface area (Å²) in [6.07, 6.45) is 2.32. The molecule has 4 heteroatoms. The van der Waals surface area contributed by atoms with Crippen LogP contribution in [-0.2, 0) is 6.54 Å². The molecule has 1 aliphatic heterocycles. The molecule has 1 aromatic heterocycles. The van der Waals surface area contributed by atoms with E-state index in [1.54, 1.807) is 11.3 Å². The maximum atomic E-state index is 9.29. The number of aliphatic hydroxyl groups is 1. The third-order valence-electron chi connectivity index (χ3n) is 3.83. The second kappa shape index (κ2) is 5.80. The molecule has 1 N–H and O–H groups in total. The number of likely N-dealkylation sites (tertiary alicyclic amines) is 1. The summed E-state index contributed by atoms with van der Waals surface area (Å²) in [6.45, 7) is 3.31. The average molecular weight is 296 g/mol. The molecule has 2 heterocycles. The lowest BCUT2D eigenvalue weighted by molar-refractivity contribution is 0.116. The third kappa shape index (κ3) is 2.79. The van der Waals surface area contributed by atoms with Crippen LogP contribution in [0.3, 0.4) is 0 Å². The van der Waals surface area contributed by atoms with Gasteiger partial charge in [-0.1, -0.05) is 29.8 Å². The van der Waals surface area contributed by atoms with Gasteiger partial charge in [0.15, 0.2) is 0 Å². The van der Waals surface area contributed by atoms with E-state index in [1.165, 1.54) is 21.4 Å². The van der Waals surface area contributed by atoms with Crippen LogP contribution in [0.2, 0.25) is 5.02 Å². The van der Waals surface area contributed by atoms with Gasteiger partial charge >= 0.3 is 0 Å². The molecule has 1 aromatic carbocycles. The molecule has 0 radical (unpaired) electrons. The largest absolute Gasteiger partial charge is 0.396 e. The number of halogens is 1. The summed E-state index contributed by atoms with van der Waals surface area (Å²) in [7, 11) is 0. The van der Waals surface area contributed by atoms with E-state index in [2.05, 4.69) is 23.1 Å². The Bertz CT molecular complexity index is 568. The first-order valence-corrected chi connectivity index (χ1v) is 7.96. The molecule has 0 saturated carbocycles. The molecule has 1 unspecified atom stereocenters. The quantitative estimate of drug-likeness (QED) is 0.932. The summed E-state index contributed by atoms with van der Waals surface area (Å²) < 4.78 is 1.26. The lowest BCUT2D eigenvalue weighted by Crippen LogP contribution is -2.36. The number of hydrogen-bond acceptors (Lipinski definition) is 3. The molecule has 0 spiro atoms. The van der Waals surface area contributed by atoms with Crippen molar-refractivity contribution in [3.8, 4) is 0 Å². The number of piperidine rings is 1. The van der Waals surface area contributed by atoms with E-state index in [4.69, 9.17) is 11.6 Å². The highest BCUT2D eigenvalue weighted by Gasteiger charge is 2.21. The van der Waals surface area contributed by atoms with Crippen molar-refractivity contribution in [3.05, 3.63) is 34.2 Å². The summed E-state index contributed by atoms with van der Waals surface area (Å²) >= 11 is 8.27. The fourth-order valence-corrected chi connectivity index (χ4v) is 4.35. The van der Waals surface area contributed by atoms with E-state index < -0.39 is 0 Å². The maximum Gasteiger partial charge on any atom is 0.0637 e. The molecule has 0 amide bonds. The molecule has 1 aliphatic rings. The first kappa shape index (κ1) is 13.4. The second-order valence-electron chi connectivity index (χ2n) is 5.26. The van der Waals surface area contributed by atoms with Gasteiger partial charge in [-0.2, -0.15) is 0 Å². The molecule has 1 fully saturated rings. The number of nitrogens with zero attached hydrogens (tertiary/aromatic N) is 1. The van der Waals surface area contributed by atoms with E-state index >= 15 is 0 Å². The van der Waals surface area contributed by atoms with Crippen LogP contribution in [0.15, 0.2) is 24.3 Å². The SMILES string of the molecule is OCC1CCCN(Cc2sc3ccccc3c2Cl)C1. The van der Waals surface area contributed by atoms with E-state index in [-0.39, 0.29) is 0 Å². The van der Waals surface area contributed by atoms with Crippen molar-refractivity contribution in [1.29, 1.82) is 0 Å². The van der Waals surface area contributed by atoms with Crippen molar-refractivity contribution in [2.75, 3.05) is 19.7 Å². The average Bonchev–Trinajstić information content (AvgIpc) is 2.76. The number of fused-ring (bicyclic) bond motifs is 1. The number of benzene rings is 1. The van der Waals surface area contributed by atoms with Gasteiger partial charge in [0.2, 0.25) is 0 Å². The molecule has 1 atom stereocenters. The van der Waals surface area contributed by atoms with Crippen LogP contribution in [-0.4, -0.2) is 29.7 Å². The highest BCUT2D eigenvalue weighted by atomic mass is 35.5. The van der Waals surface area contributed by atoms with Gasteiger partial charge in [0.05, 0.1) is 5.02 Å². The molecule has 2 nitrogen and oxygen atoms in total. The van der Waals surface area contributed by atoms with Gasteiger partial charge in [0, 0.05) is 34.7 Å². The van der Waals surface area contributed by atoms with Crippen molar-refractivity contribution in [1.82, 2.24) is 4.90 Å². The standard InChI is InChI=1S/C15H18ClNOS/c16-15-12-5-1-2-6-13(12)19-14(15)9-17-7-3-4-11(8-17)10-18/h1-2,5-6,11,18H,3-4,7-10H2. The first-order valence-electron chi connectivity index (χ1n) is 6.77. The lowest BCUT2D eigenvalue weighted by Gasteiger charge is -2.31. The van der Waals surface area contributed by atoms with Crippen LogP contribution in [0.25, 0.3) is 10.1 Å². The normalized spacial score (nSPS) is 21.1. The Morgan fingerprint density at radius 3 is 3.00 bits per heavy atom. The topological polar surface area (TPSA) is 23.5 Å². The Morgan fingerprint density at radius 1 is 1.37 bits per heavy atom. The smallest absolute Gasteiger partial charge is 0.0637 e. The zero-order valence-corrected chi connectivity index (χ0v) is 12.4. The highest BCUT2D eigenvalue weighted by molar-refractivity contribution is 7.19. The van der Waals surface area contributed by atoms with Gasteiger partial charge in [-0.3, -0.25) is 4.90 Å². The van der Waals surface area contributed by atoms with Crippen LogP contribution in [0.4, 0.5) is 0 Å². The fraction of sp³-hybridized carbons (Fsp3) is 0.467. The van der Waals surface area contributed by atoms with Crippen molar-refractivity contribution in [2.24, 2.45) is 5.92 Å². The third-order valence-corrected chi connectivity index (χ3v) is 5.53. The Labute approximate surface area is 122 Å². The van der Waals surface area contributed by atoms with Crippen LogP contribution in [0, 0.1) is 5.92 Å². The van der Waals surface area contributed by atoms with Gasteiger partial charge in [-0.25, -0.2) is 0 Å². The Morgan fingerprint density at radius 2 is 2.21 bits per heavy atom. The lowest BCUT2D eigenvalue weighted by atomic mass is 9.99. The summed E-state index contributed by atoms with van der Waals surface area (Å²) in [5.74, 6) is 0.432. The zero-order valence-electron chi connectivity index (χ0n) is 10.8. The van der Waals surface area contributed by atoms with Crippen LogP contribution >= 0.6 is 22.9 Å². The fourth-order valence-electron chi connectivity index (χ4n) is 2.81. The van der Waals surface area contributed by atoms with E-state index in [0.29, 0.717) is 12.5 Å². The van der Waals surface area contributed by atoms with E-state index in [9.17, 15) is 5.11 Å². The molecular formula is C15H18ClNOS. The van der Waals surface area contributed by atoms with Crippen molar-refractivity contribution in [3.63, 3.8) is 0 Å². The summed E-state index contributed by atoms with van der Waals surface area (Å²) in [6, 6.07) is 8.31. The molecule has 3 rings (SSSR count). The van der Waals surface area contributed by atoms with Crippen molar-refractivity contribution in [2.45, 2.75) is 19.4 Å². The van der Waals surface area contributed by atoms with Crippen molar-refractivity contribution < 1.29 is 5.11 Å². The van der Waals surface area contributed by atoms with Gasteiger partial charge in [-0.05, 0) is 31.4 Å². The Hall–Kier alpha value is -0.610. The van der Waals surface area contributed by atoms with Crippen molar-refractivity contribution >= 4 is 33.0 Å². The monoisotopic (exact) mass is 295 g/mol. The molecule has 102 valence electrons. The summed E-state index contributed by atoms with van der Waals surface area (Å²) in [5, 5.41) is 11.4. The van der Waals surface area contributed by atoms with Gasteiger partial charge < -0.3 is 5.11 Å². The summed E-state index contributed by atoms with van der Waals surface area (Å²) in [4.78, 5) is 3.67. The molecule has 0 bridgehead atoms. The number of aliphatic hydroxyl groups excluding tert-OH is 1. The van der Waals surface area contributed by atoms with Gasteiger partial charge in [0.1, 0.15) is 0 Å². The van der Waals surface area contributed by atoms with Crippen LogP contribution in [0.1, 0.15) is 17.7 Å². The van der Waals surface area contributed by atoms with Gasteiger partial charge in [0.25, 0.3) is 0 Å². The minimum absolute atomic E-state index is 0.302. The second-order valence-corrected chi connectivity index (χ2v) is 6.78. The Kier molecular flexibility index (Phi) is 4.08. The first-order chi connectivity index (χ1) is 9.28. The molecule has 2 aromatic rings. The van der Waals surface area contributed by atoms with Crippen LogP contribution in [0.5, 0.6) is 0 Å². The maximum absolute atomic E-state index is 9.29. The van der Waals surface area contributed by atoms with E-state index in [1.807, 2.05) is 6.07 Å². The molecular weight excluding hydrogens is 278 g/mol. The van der Waals surface area contributed by atoms with Crippen LogP contribution < -0.4 is 0 Å². The molecule has 19 heavy (non-hydrogen) atoms. The molecule has 0 aliphatic carbocycles. The number of thiophene rings is 1. The highest BCUT2D eigenvalue weighted by Crippen LogP contribution is 2.36.